The number of rotatable bonds is 7. The lowest BCUT2D eigenvalue weighted by atomic mass is 9.91. The van der Waals surface area contributed by atoms with Crippen LogP contribution in [0.3, 0.4) is 0 Å². The molecule has 0 spiro atoms. The first-order valence-corrected chi connectivity index (χ1v) is 8.88. The highest BCUT2D eigenvalue weighted by Crippen LogP contribution is 2.24. The maximum atomic E-state index is 12.5. The van der Waals surface area contributed by atoms with Crippen LogP contribution in [0, 0.1) is 25.7 Å². The van der Waals surface area contributed by atoms with E-state index in [4.69, 9.17) is 4.74 Å². The van der Waals surface area contributed by atoms with Gasteiger partial charge in [0, 0.05) is 44.0 Å². The highest BCUT2D eigenvalue weighted by Gasteiger charge is 2.35. The van der Waals surface area contributed by atoms with Gasteiger partial charge >= 0.3 is 0 Å². The van der Waals surface area contributed by atoms with Gasteiger partial charge in [0.1, 0.15) is 5.82 Å². The van der Waals surface area contributed by atoms with Crippen LogP contribution in [0.2, 0.25) is 0 Å². The second kappa shape index (κ2) is 8.58. The van der Waals surface area contributed by atoms with Crippen molar-refractivity contribution in [3.8, 4) is 0 Å². The number of aromatic nitrogens is 2. The number of amides is 1. The summed E-state index contributed by atoms with van der Waals surface area (Å²) < 4.78 is 5.16. The van der Waals surface area contributed by atoms with Gasteiger partial charge in [0.2, 0.25) is 5.91 Å². The highest BCUT2D eigenvalue weighted by molar-refractivity contribution is 5.79. The van der Waals surface area contributed by atoms with Crippen LogP contribution in [0.4, 0.5) is 0 Å². The number of hydrogen-bond acceptors (Lipinski definition) is 5. The summed E-state index contributed by atoms with van der Waals surface area (Å²) in [4.78, 5) is 33.8. The fourth-order valence-corrected chi connectivity index (χ4v) is 3.52. The summed E-state index contributed by atoms with van der Waals surface area (Å²) in [6.07, 6.45) is 0.0633. The number of ether oxygens (including phenoxy) is 1. The molecule has 2 heterocycles. The highest BCUT2D eigenvalue weighted by atomic mass is 16.5. The van der Waals surface area contributed by atoms with Crippen LogP contribution in [-0.2, 0) is 16.0 Å². The molecule has 140 valence electrons. The number of methoxy groups -OCH3 is 1. The van der Waals surface area contributed by atoms with E-state index in [1.165, 1.54) is 0 Å². The number of aromatic amines is 1. The molecule has 7 nitrogen and oxygen atoms in total. The fourth-order valence-electron chi connectivity index (χ4n) is 3.52. The van der Waals surface area contributed by atoms with Crippen molar-refractivity contribution in [2.75, 3.05) is 33.4 Å². The van der Waals surface area contributed by atoms with Crippen molar-refractivity contribution in [3.63, 3.8) is 0 Å². The Labute approximate surface area is 149 Å². The van der Waals surface area contributed by atoms with Gasteiger partial charge in [-0.05, 0) is 25.7 Å². The first-order chi connectivity index (χ1) is 11.8. The zero-order valence-electron chi connectivity index (χ0n) is 15.9. The van der Waals surface area contributed by atoms with Crippen molar-refractivity contribution in [2.24, 2.45) is 11.8 Å². The Morgan fingerprint density at radius 3 is 2.72 bits per heavy atom. The lowest BCUT2D eigenvalue weighted by Crippen LogP contribution is -2.43. The largest absolute Gasteiger partial charge is 0.383 e. The van der Waals surface area contributed by atoms with E-state index in [1.807, 2.05) is 0 Å². The Balaban J connectivity index is 2.02. The zero-order valence-corrected chi connectivity index (χ0v) is 15.9. The molecule has 0 unspecified atom stereocenters. The van der Waals surface area contributed by atoms with Crippen LogP contribution in [0.15, 0.2) is 4.79 Å². The summed E-state index contributed by atoms with van der Waals surface area (Å²) >= 11 is 0. The Morgan fingerprint density at radius 1 is 1.40 bits per heavy atom. The monoisotopic (exact) mass is 350 g/mol. The summed E-state index contributed by atoms with van der Waals surface area (Å²) in [5.74, 6) is 1.32. The molecule has 7 heteroatoms. The molecule has 0 radical (unpaired) electrons. The van der Waals surface area contributed by atoms with E-state index in [9.17, 15) is 9.59 Å². The van der Waals surface area contributed by atoms with Gasteiger partial charge in [-0.1, -0.05) is 13.8 Å². The third-order valence-corrected chi connectivity index (χ3v) is 4.93. The van der Waals surface area contributed by atoms with Gasteiger partial charge in [0.05, 0.1) is 13.0 Å². The third kappa shape index (κ3) is 5.12. The molecule has 0 aliphatic carbocycles. The van der Waals surface area contributed by atoms with Gasteiger partial charge < -0.3 is 15.0 Å². The van der Waals surface area contributed by atoms with E-state index in [-0.39, 0.29) is 23.9 Å². The normalized spacial score (nSPS) is 21.0. The predicted octanol–water partition coefficient (Wildman–Crippen LogP) is 0.648. The van der Waals surface area contributed by atoms with E-state index in [0.29, 0.717) is 35.5 Å². The molecule has 1 aromatic heterocycles. The van der Waals surface area contributed by atoms with Crippen LogP contribution < -0.4 is 10.9 Å². The molecule has 1 aliphatic rings. The standard InChI is InChI=1S/C18H30N4O3/c1-11(2)15-9-22(6-7-25-5)10-16(15)21-17(23)8-14-12(3)19-13(4)20-18(14)24/h11,15-16H,6-10H2,1-5H3,(H,21,23)(H,19,20,24)/t15-,16+/m1/s1. The second-order valence-corrected chi connectivity index (χ2v) is 7.23. The number of likely N-dealkylation sites (tertiary alicyclic amines) is 1. The number of carbonyl (C=O) groups excluding carboxylic acids is 1. The van der Waals surface area contributed by atoms with Crippen LogP contribution in [-0.4, -0.2) is 60.2 Å². The number of nitrogens with one attached hydrogen (secondary N) is 2. The average Bonchev–Trinajstić information content (AvgIpc) is 2.91. The minimum Gasteiger partial charge on any atom is -0.383 e. The van der Waals surface area contributed by atoms with Gasteiger partial charge in [-0.15, -0.1) is 0 Å². The molecular weight excluding hydrogens is 320 g/mol. The first kappa shape index (κ1) is 19.6. The molecule has 0 bridgehead atoms. The topological polar surface area (TPSA) is 87.3 Å². The Morgan fingerprint density at radius 2 is 2.12 bits per heavy atom. The average molecular weight is 350 g/mol. The molecule has 2 N–H and O–H groups in total. The Kier molecular flexibility index (Phi) is 6.72. The molecule has 1 saturated heterocycles. The molecule has 2 rings (SSSR count). The van der Waals surface area contributed by atoms with E-state index in [1.54, 1.807) is 21.0 Å². The lowest BCUT2D eigenvalue weighted by molar-refractivity contribution is -0.121. The number of H-pyrrole nitrogens is 1. The molecule has 1 amide bonds. The molecule has 0 aromatic carbocycles. The van der Waals surface area contributed by atoms with Gasteiger partial charge in [-0.2, -0.15) is 0 Å². The van der Waals surface area contributed by atoms with Crippen molar-refractivity contribution < 1.29 is 9.53 Å². The van der Waals surface area contributed by atoms with Gasteiger partial charge in [0.15, 0.2) is 0 Å². The number of aryl methyl sites for hydroxylation is 2. The van der Waals surface area contributed by atoms with Crippen LogP contribution in [0.1, 0.15) is 30.9 Å². The van der Waals surface area contributed by atoms with E-state index in [2.05, 4.69) is 34.0 Å². The second-order valence-electron chi connectivity index (χ2n) is 7.23. The molecule has 25 heavy (non-hydrogen) atoms. The quantitative estimate of drug-likeness (QED) is 0.754. The summed E-state index contributed by atoms with van der Waals surface area (Å²) in [5, 5.41) is 3.13. The minimum atomic E-state index is -0.228. The Bertz CT molecular complexity index is 656. The molecule has 1 fully saturated rings. The summed E-state index contributed by atoms with van der Waals surface area (Å²) in [6, 6.07) is 0.0992. The molecule has 2 atom stereocenters. The van der Waals surface area contributed by atoms with Crippen LogP contribution in [0.5, 0.6) is 0 Å². The van der Waals surface area contributed by atoms with Gasteiger partial charge in [0.25, 0.3) is 5.56 Å². The SMILES string of the molecule is COCCN1C[C@H](NC(=O)Cc2c(C)nc(C)[nH]c2=O)[C@@H](C(C)C)C1. The molecule has 1 aromatic rings. The van der Waals surface area contributed by atoms with Crippen molar-refractivity contribution in [3.05, 3.63) is 27.4 Å². The van der Waals surface area contributed by atoms with E-state index < -0.39 is 0 Å². The maximum absolute atomic E-state index is 12.5. The predicted molar refractivity (Wildman–Crippen MR) is 96.6 cm³/mol. The maximum Gasteiger partial charge on any atom is 0.254 e. The van der Waals surface area contributed by atoms with Crippen molar-refractivity contribution in [2.45, 2.75) is 40.2 Å². The van der Waals surface area contributed by atoms with Gasteiger partial charge in [-0.25, -0.2) is 4.98 Å². The first-order valence-electron chi connectivity index (χ1n) is 8.88. The molecule has 0 saturated carbocycles. The fraction of sp³-hybridized carbons (Fsp3) is 0.722. The van der Waals surface area contributed by atoms with Crippen molar-refractivity contribution >= 4 is 5.91 Å². The van der Waals surface area contributed by atoms with Crippen molar-refractivity contribution in [1.29, 1.82) is 0 Å². The molecular formula is C18H30N4O3. The summed E-state index contributed by atoms with van der Waals surface area (Å²) in [5.41, 5.74) is 0.831. The number of carbonyl (C=O) groups is 1. The number of nitrogens with zero attached hydrogens (tertiary/aromatic N) is 2. The van der Waals surface area contributed by atoms with E-state index in [0.717, 1.165) is 19.6 Å². The smallest absolute Gasteiger partial charge is 0.254 e. The number of hydrogen-bond donors (Lipinski definition) is 2. The van der Waals surface area contributed by atoms with Crippen molar-refractivity contribution in [1.82, 2.24) is 20.2 Å². The Hall–Kier alpha value is -1.73. The van der Waals surface area contributed by atoms with Crippen LogP contribution in [0.25, 0.3) is 0 Å². The van der Waals surface area contributed by atoms with Gasteiger partial charge in [-0.3, -0.25) is 14.5 Å². The summed E-state index contributed by atoms with van der Waals surface area (Å²) in [6.45, 7) is 11.2. The minimum absolute atomic E-state index is 0.0633. The lowest BCUT2D eigenvalue weighted by Gasteiger charge is -2.23. The summed E-state index contributed by atoms with van der Waals surface area (Å²) in [7, 11) is 1.70. The molecule has 1 aliphatic heterocycles. The van der Waals surface area contributed by atoms with Crippen LogP contribution >= 0.6 is 0 Å². The third-order valence-electron chi connectivity index (χ3n) is 4.93. The zero-order chi connectivity index (χ0) is 18.6. The van der Waals surface area contributed by atoms with E-state index >= 15 is 0 Å².